The average Bonchev–Trinajstić information content (AvgIpc) is 2.74. The molecule has 9 heteroatoms. The molecule has 0 aliphatic rings. The Bertz CT molecular complexity index is 1200. The van der Waals surface area contributed by atoms with Crippen molar-refractivity contribution in [2.24, 2.45) is 14.1 Å². The summed E-state index contributed by atoms with van der Waals surface area (Å²) in [6.07, 6.45) is 0. The Morgan fingerprint density at radius 1 is 1.00 bits per heavy atom. The lowest BCUT2D eigenvalue weighted by Gasteiger charge is -2.17. The van der Waals surface area contributed by atoms with Gasteiger partial charge in [-0.2, -0.15) is 0 Å². The molecule has 3 N–H and O–H groups in total. The van der Waals surface area contributed by atoms with Gasteiger partial charge < -0.3 is 11.1 Å². The Morgan fingerprint density at radius 3 is 2.10 bits per heavy atom. The number of anilines is 2. The summed E-state index contributed by atoms with van der Waals surface area (Å²) in [7, 11) is 2.74. The van der Waals surface area contributed by atoms with Crippen molar-refractivity contribution in [2.75, 3.05) is 11.1 Å². The molecule has 0 amide bonds. The van der Waals surface area contributed by atoms with Gasteiger partial charge in [0.25, 0.3) is 5.56 Å². The highest BCUT2D eigenvalue weighted by atomic mass is 79.9. The summed E-state index contributed by atoms with van der Waals surface area (Å²) in [6.45, 7) is 1.65. The lowest BCUT2D eigenvalue weighted by Crippen LogP contribution is -2.43. The van der Waals surface area contributed by atoms with Gasteiger partial charge in [-0.3, -0.25) is 18.7 Å². The van der Waals surface area contributed by atoms with Gasteiger partial charge in [0, 0.05) is 34.0 Å². The number of hydrogen-bond acceptors (Lipinski definition) is 6. The molecule has 1 heterocycles. The number of hydrogen-bond donors (Lipinski definition) is 2. The minimum Gasteiger partial charge on any atom is -0.384 e. The monoisotopic (exact) mass is 488 g/mol. The maximum absolute atomic E-state index is 12.9. The van der Waals surface area contributed by atoms with Crippen LogP contribution in [0.4, 0.5) is 11.5 Å². The molecular formula is C21H21BrN4O3S. The van der Waals surface area contributed by atoms with Gasteiger partial charge in [0.1, 0.15) is 11.4 Å². The van der Waals surface area contributed by atoms with Gasteiger partial charge in [0.2, 0.25) is 0 Å². The first-order chi connectivity index (χ1) is 14.2. The fraction of sp³-hybridized carbons (Fsp3) is 0.190. The molecule has 0 unspecified atom stereocenters. The molecule has 0 aliphatic carbocycles. The summed E-state index contributed by atoms with van der Waals surface area (Å²) in [5.74, 6) is -0.611. The molecule has 0 aliphatic heterocycles. The molecule has 2 aromatic carbocycles. The quantitative estimate of drug-likeness (QED) is 0.516. The number of rotatable bonds is 6. The molecule has 3 aromatic rings. The van der Waals surface area contributed by atoms with Crippen LogP contribution in [0.25, 0.3) is 0 Å². The number of benzene rings is 2. The van der Waals surface area contributed by atoms with E-state index < -0.39 is 23.1 Å². The Labute approximate surface area is 186 Å². The van der Waals surface area contributed by atoms with E-state index in [9.17, 15) is 14.4 Å². The highest BCUT2D eigenvalue weighted by Crippen LogP contribution is 2.29. The third-order valence-electron chi connectivity index (χ3n) is 4.64. The number of carbonyl (C=O) groups is 1. The minimum absolute atomic E-state index is 0.136. The first-order valence-corrected chi connectivity index (χ1v) is 10.7. The zero-order valence-electron chi connectivity index (χ0n) is 16.7. The first-order valence-electron chi connectivity index (χ1n) is 9.08. The SMILES string of the molecule is C[C@@H](Nc1ccc(Sc2ccc(Br)cc2)cc1)C(=O)c1c(N)n(C)c(=O)n(C)c1=O. The number of nitrogens with zero attached hydrogens (tertiary/aromatic N) is 2. The van der Waals surface area contributed by atoms with Crippen molar-refractivity contribution >= 4 is 45.0 Å². The van der Waals surface area contributed by atoms with E-state index in [1.165, 1.54) is 14.1 Å². The Hall–Kier alpha value is -2.78. The van der Waals surface area contributed by atoms with E-state index in [4.69, 9.17) is 5.73 Å². The van der Waals surface area contributed by atoms with Crippen LogP contribution in [0, 0.1) is 0 Å². The Kier molecular flexibility index (Phi) is 6.52. The fourth-order valence-corrected chi connectivity index (χ4v) is 3.96. The van der Waals surface area contributed by atoms with Gasteiger partial charge in [-0.1, -0.05) is 27.7 Å². The number of nitrogens with two attached hydrogens (primary N) is 1. The van der Waals surface area contributed by atoms with Crippen molar-refractivity contribution in [3.8, 4) is 0 Å². The van der Waals surface area contributed by atoms with Crippen LogP contribution >= 0.6 is 27.7 Å². The molecule has 0 radical (unpaired) electrons. The van der Waals surface area contributed by atoms with Gasteiger partial charge in [-0.25, -0.2) is 4.79 Å². The fourth-order valence-electron chi connectivity index (χ4n) is 2.88. The molecule has 0 bridgehead atoms. The molecule has 0 saturated carbocycles. The second kappa shape index (κ2) is 8.93. The number of halogens is 1. The van der Waals surface area contributed by atoms with E-state index in [2.05, 4.69) is 21.2 Å². The number of Topliss-reactive ketones (excluding diaryl/α,β-unsaturated/α-hetero) is 1. The van der Waals surface area contributed by atoms with Crippen molar-refractivity contribution in [1.82, 2.24) is 9.13 Å². The van der Waals surface area contributed by atoms with Crippen molar-refractivity contribution in [1.29, 1.82) is 0 Å². The molecule has 156 valence electrons. The van der Waals surface area contributed by atoms with Crippen LogP contribution in [0.15, 0.2) is 72.4 Å². The summed E-state index contributed by atoms with van der Waals surface area (Å²) < 4.78 is 3.00. The zero-order chi connectivity index (χ0) is 22.0. The van der Waals surface area contributed by atoms with Crippen molar-refractivity contribution in [3.63, 3.8) is 0 Å². The van der Waals surface area contributed by atoms with Crippen LogP contribution in [0.5, 0.6) is 0 Å². The molecule has 7 nitrogen and oxygen atoms in total. The van der Waals surface area contributed by atoms with Crippen molar-refractivity contribution in [2.45, 2.75) is 22.8 Å². The summed E-state index contributed by atoms with van der Waals surface area (Å²) in [4.78, 5) is 39.4. The van der Waals surface area contributed by atoms with Crippen LogP contribution < -0.4 is 22.3 Å². The maximum atomic E-state index is 12.9. The predicted octanol–water partition coefficient (Wildman–Crippen LogP) is 3.26. The number of carbonyl (C=O) groups excluding carboxylic acids is 1. The lowest BCUT2D eigenvalue weighted by atomic mass is 10.1. The molecule has 1 aromatic heterocycles. The van der Waals surface area contributed by atoms with Gasteiger partial charge in [-0.15, -0.1) is 0 Å². The summed E-state index contributed by atoms with van der Waals surface area (Å²) in [5, 5.41) is 3.09. The highest BCUT2D eigenvalue weighted by molar-refractivity contribution is 9.10. The molecule has 0 saturated heterocycles. The van der Waals surface area contributed by atoms with Gasteiger partial charge in [-0.05, 0) is 55.5 Å². The maximum Gasteiger partial charge on any atom is 0.332 e. The minimum atomic E-state index is -0.706. The standard InChI is InChI=1S/C21H21BrN4O3S/c1-12(18(27)17-19(23)25(2)21(29)26(3)20(17)28)24-14-6-10-16(11-7-14)30-15-8-4-13(22)5-9-15/h4-12,24H,23H2,1-3H3/t12-/m1/s1. The van der Waals surface area contributed by atoms with E-state index in [-0.39, 0.29) is 11.4 Å². The Morgan fingerprint density at radius 2 is 1.53 bits per heavy atom. The van der Waals surface area contributed by atoms with Gasteiger partial charge in [0.05, 0.1) is 6.04 Å². The number of ketones is 1. The smallest absolute Gasteiger partial charge is 0.332 e. The third kappa shape index (κ3) is 4.52. The van der Waals surface area contributed by atoms with Gasteiger partial charge >= 0.3 is 5.69 Å². The van der Waals surface area contributed by atoms with Gasteiger partial charge in [0.15, 0.2) is 5.78 Å². The van der Waals surface area contributed by atoms with E-state index in [0.717, 1.165) is 29.1 Å². The topological polar surface area (TPSA) is 99.1 Å². The Balaban J connectivity index is 1.75. The molecular weight excluding hydrogens is 468 g/mol. The van der Waals surface area contributed by atoms with Crippen LogP contribution in [0.1, 0.15) is 17.3 Å². The first kappa shape index (κ1) is 21.9. The third-order valence-corrected chi connectivity index (χ3v) is 6.18. The molecule has 30 heavy (non-hydrogen) atoms. The second-order valence-electron chi connectivity index (χ2n) is 6.78. The normalized spacial score (nSPS) is 11.9. The number of aromatic nitrogens is 2. The van der Waals surface area contributed by atoms with E-state index in [1.807, 2.05) is 48.5 Å². The molecule has 1 atom stereocenters. The van der Waals surface area contributed by atoms with E-state index in [0.29, 0.717) is 0 Å². The molecule has 0 fully saturated rings. The largest absolute Gasteiger partial charge is 0.384 e. The van der Waals surface area contributed by atoms with Crippen LogP contribution in [-0.4, -0.2) is 21.0 Å². The van der Waals surface area contributed by atoms with Crippen LogP contribution in [0.2, 0.25) is 0 Å². The zero-order valence-corrected chi connectivity index (χ0v) is 19.1. The van der Waals surface area contributed by atoms with E-state index >= 15 is 0 Å². The number of nitrogen functional groups attached to an aromatic ring is 1. The highest BCUT2D eigenvalue weighted by Gasteiger charge is 2.24. The molecule has 0 spiro atoms. The number of nitrogens with one attached hydrogen (secondary N) is 1. The lowest BCUT2D eigenvalue weighted by molar-refractivity contribution is 0.0973. The summed E-state index contributed by atoms with van der Waals surface area (Å²) in [5.41, 5.74) is 5.15. The summed E-state index contributed by atoms with van der Waals surface area (Å²) in [6, 6.07) is 15.0. The van der Waals surface area contributed by atoms with E-state index in [1.54, 1.807) is 18.7 Å². The van der Waals surface area contributed by atoms with Crippen molar-refractivity contribution in [3.05, 3.63) is 79.4 Å². The summed E-state index contributed by atoms with van der Waals surface area (Å²) >= 11 is 5.05. The average molecular weight is 489 g/mol. The predicted molar refractivity (Wildman–Crippen MR) is 123 cm³/mol. The second-order valence-corrected chi connectivity index (χ2v) is 8.84. The van der Waals surface area contributed by atoms with Crippen LogP contribution in [-0.2, 0) is 14.1 Å². The van der Waals surface area contributed by atoms with Crippen LogP contribution in [0.3, 0.4) is 0 Å². The molecule has 3 rings (SSSR count). The van der Waals surface area contributed by atoms with Crippen molar-refractivity contribution < 1.29 is 4.79 Å².